The average Bonchev–Trinajstić information content (AvgIpc) is 2.69. The topological polar surface area (TPSA) is 61.9 Å². The molecule has 1 N–H and O–H groups in total. The van der Waals surface area contributed by atoms with Gasteiger partial charge >= 0.3 is 0 Å². The number of hydrogen-bond donors (Lipinski definition) is 1. The molecule has 0 saturated carbocycles. The van der Waals surface area contributed by atoms with Crippen LogP contribution >= 0.6 is 22.6 Å². The minimum atomic E-state index is -0.226. The van der Waals surface area contributed by atoms with Crippen LogP contribution in [0.15, 0.2) is 48.5 Å². The number of carbonyl (C=O) groups excluding carboxylic acids is 2. The molecular formula is C20H22IN3O3. The number of nitrogens with zero attached hydrogens (tertiary/aromatic N) is 2. The van der Waals surface area contributed by atoms with E-state index in [1.165, 1.54) is 4.90 Å². The maximum Gasteiger partial charge on any atom is 0.254 e. The van der Waals surface area contributed by atoms with Crippen molar-refractivity contribution in [3.8, 4) is 0 Å². The summed E-state index contributed by atoms with van der Waals surface area (Å²) in [4.78, 5) is 28.3. The van der Waals surface area contributed by atoms with Crippen LogP contribution in [-0.2, 0) is 9.53 Å². The Bertz CT molecular complexity index is 787. The van der Waals surface area contributed by atoms with Gasteiger partial charge in [0.15, 0.2) is 0 Å². The summed E-state index contributed by atoms with van der Waals surface area (Å²) < 4.78 is 6.42. The molecule has 0 unspecified atom stereocenters. The van der Waals surface area contributed by atoms with Crippen molar-refractivity contribution in [2.45, 2.75) is 0 Å². The van der Waals surface area contributed by atoms with Crippen LogP contribution < -0.4 is 10.2 Å². The summed E-state index contributed by atoms with van der Waals surface area (Å²) >= 11 is 2.19. The molecule has 0 aliphatic carbocycles. The fourth-order valence-corrected chi connectivity index (χ4v) is 3.24. The molecule has 0 bridgehead atoms. The van der Waals surface area contributed by atoms with Crippen LogP contribution in [0.5, 0.6) is 0 Å². The van der Waals surface area contributed by atoms with Crippen molar-refractivity contribution in [3.63, 3.8) is 0 Å². The number of benzene rings is 2. The normalized spacial score (nSPS) is 13.9. The molecule has 3 rings (SSSR count). The Morgan fingerprint density at radius 2 is 1.70 bits per heavy atom. The summed E-state index contributed by atoms with van der Waals surface area (Å²) in [5.74, 6) is -0.403. The first kappa shape index (κ1) is 19.6. The molecule has 27 heavy (non-hydrogen) atoms. The van der Waals surface area contributed by atoms with Crippen molar-refractivity contribution >= 4 is 45.8 Å². The lowest BCUT2D eigenvalue weighted by Gasteiger charge is -2.28. The third kappa shape index (κ3) is 5.43. The number of amides is 2. The lowest BCUT2D eigenvalue weighted by atomic mass is 10.2. The number of likely N-dealkylation sites (N-methyl/N-ethyl adjacent to an activating group) is 1. The smallest absolute Gasteiger partial charge is 0.254 e. The van der Waals surface area contributed by atoms with Crippen LogP contribution in [0.2, 0.25) is 0 Å². The lowest BCUT2D eigenvalue weighted by Crippen LogP contribution is -2.36. The van der Waals surface area contributed by atoms with Gasteiger partial charge in [-0.05, 0) is 71.1 Å². The van der Waals surface area contributed by atoms with Gasteiger partial charge < -0.3 is 19.9 Å². The van der Waals surface area contributed by atoms with Crippen LogP contribution in [0.1, 0.15) is 10.4 Å². The number of nitrogens with one attached hydrogen (secondary N) is 1. The largest absolute Gasteiger partial charge is 0.378 e. The van der Waals surface area contributed by atoms with Crippen LogP contribution in [-0.4, -0.2) is 56.6 Å². The molecule has 1 aliphatic rings. The molecule has 1 heterocycles. The van der Waals surface area contributed by atoms with Crippen molar-refractivity contribution in [1.29, 1.82) is 0 Å². The molecule has 0 radical (unpaired) electrons. The highest BCUT2D eigenvalue weighted by atomic mass is 127. The van der Waals surface area contributed by atoms with Gasteiger partial charge in [-0.25, -0.2) is 0 Å². The van der Waals surface area contributed by atoms with E-state index in [4.69, 9.17) is 4.74 Å². The van der Waals surface area contributed by atoms with Gasteiger partial charge in [-0.2, -0.15) is 0 Å². The molecular weight excluding hydrogens is 457 g/mol. The molecule has 7 heteroatoms. The van der Waals surface area contributed by atoms with Crippen molar-refractivity contribution in [2.24, 2.45) is 0 Å². The summed E-state index contributed by atoms with van der Waals surface area (Å²) in [5, 5.41) is 2.84. The number of morpholine rings is 1. The highest BCUT2D eigenvalue weighted by Crippen LogP contribution is 2.19. The maximum atomic E-state index is 12.4. The average molecular weight is 479 g/mol. The van der Waals surface area contributed by atoms with E-state index < -0.39 is 0 Å². The first-order valence-electron chi connectivity index (χ1n) is 8.76. The van der Waals surface area contributed by atoms with E-state index in [0.717, 1.165) is 35.6 Å². The molecule has 142 valence electrons. The lowest BCUT2D eigenvalue weighted by molar-refractivity contribution is -0.116. The van der Waals surface area contributed by atoms with Crippen LogP contribution in [0.4, 0.5) is 11.4 Å². The van der Waals surface area contributed by atoms with Gasteiger partial charge in [0, 0.05) is 40.6 Å². The molecule has 0 atom stereocenters. The van der Waals surface area contributed by atoms with Gasteiger partial charge in [-0.3, -0.25) is 9.59 Å². The summed E-state index contributed by atoms with van der Waals surface area (Å²) in [6.45, 7) is 3.21. The Morgan fingerprint density at radius 3 is 2.33 bits per heavy atom. The Hall–Kier alpha value is -2.13. The molecule has 0 spiro atoms. The number of rotatable bonds is 5. The quantitative estimate of drug-likeness (QED) is 0.671. The van der Waals surface area contributed by atoms with E-state index in [0.29, 0.717) is 11.3 Å². The van der Waals surface area contributed by atoms with Gasteiger partial charge in [-0.1, -0.05) is 0 Å². The van der Waals surface area contributed by atoms with Crippen LogP contribution in [0, 0.1) is 3.57 Å². The Balaban J connectivity index is 1.53. The minimum absolute atomic E-state index is 0.00393. The minimum Gasteiger partial charge on any atom is -0.378 e. The van der Waals surface area contributed by atoms with Gasteiger partial charge in [0.05, 0.1) is 19.8 Å². The molecule has 1 fully saturated rings. The zero-order chi connectivity index (χ0) is 19.2. The molecule has 2 aromatic rings. The molecule has 2 amide bonds. The Labute approximate surface area is 172 Å². The molecule has 2 aromatic carbocycles. The fraction of sp³-hybridized carbons (Fsp3) is 0.300. The van der Waals surface area contributed by atoms with Gasteiger partial charge in [0.25, 0.3) is 5.91 Å². The number of hydrogen-bond acceptors (Lipinski definition) is 4. The second kappa shape index (κ2) is 9.18. The fourth-order valence-electron chi connectivity index (χ4n) is 2.88. The molecule has 6 nitrogen and oxygen atoms in total. The number of halogens is 1. The first-order valence-corrected chi connectivity index (χ1v) is 9.84. The predicted molar refractivity (Wildman–Crippen MR) is 114 cm³/mol. The van der Waals surface area contributed by atoms with Gasteiger partial charge in [0.2, 0.25) is 5.91 Å². The monoisotopic (exact) mass is 479 g/mol. The second-order valence-electron chi connectivity index (χ2n) is 6.36. The SMILES string of the molecule is CN(CC(=O)Nc1ccc(N2CCOCC2)cc1)C(=O)c1ccc(I)cc1. The van der Waals surface area contributed by atoms with Crippen molar-refractivity contribution in [2.75, 3.05) is 50.1 Å². The van der Waals surface area contributed by atoms with E-state index >= 15 is 0 Å². The van der Waals surface area contributed by atoms with Crippen molar-refractivity contribution in [1.82, 2.24) is 4.90 Å². The second-order valence-corrected chi connectivity index (χ2v) is 7.61. The summed E-state index contributed by atoms with van der Waals surface area (Å²) in [5.41, 5.74) is 2.40. The maximum absolute atomic E-state index is 12.4. The Kier molecular flexibility index (Phi) is 6.68. The highest BCUT2D eigenvalue weighted by molar-refractivity contribution is 14.1. The van der Waals surface area contributed by atoms with E-state index in [9.17, 15) is 9.59 Å². The number of carbonyl (C=O) groups is 2. The zero-order valence-electron chi connectivity index (χ0n) is 15.2. The van der Waals surface area contributed by atoms with Gasteiger partial charge in [0.1, 0.15) is 0 Å². The summed E-state index contributed by atoms with van der Waals surface area (Å²) in [6.07, 6.45) is 0. The van der Waals surface area contributed by atoms with Crippen LogP contribution in [0.3, 0.4) is 0 Å². The van der Waals surface area contributed by atoms with Gasteiger partial charge in [-0.15, -0.1) is 0 Å². The molecule has 0 aromatic heterocycles. The summed E-state index contributed by atoms with van der Waals surface area (Å²) in [7, 11) is 1.63. The van der Waals surface area contributed by atoms with E-state index in [1.54, 1.807) is 19.2 Å². The highest BCUT2D eigenvalue weighted by Gasteiger charge is 2.15. The third-order valence-corrected chi connectivity index (χ3v) is 5.07. The van der Waals surface area contributed by atoms with E-state index in [1.807, 2.05) is 36.4 Å². The predicted octanol–water partition coefficient (Wildman–Crippen LogP) is 2.84. The molecule has 1 aliphatic heterocycles. The zero-order valence-corrected chi connectivity index (χ0v) is 17.3. The molecule has 1 saturated heterocycles. The van der Waals surface area contributed by atoms with Crippen molar-refractivity contribution < 1.29 is 14.3 Å². The Morgan fingerprint density at radius 1 is 1.07 bits per heavy atom. The first-order chi connectivity index (χ1) is 13.0. The van der Waals surface area contributed by atoms with Crippen molar-refractivity contribution in [3.05, 3.63) is 57.7 Å². The van der Waals surface area contributed by atoms with E-state index in [-0.39, 0.29) is 18.4 Å². The number of ether oxygens (including phenoxy) is 1. The third-order valence-electron chi connectivity index (χ3n) is 4.35. The number of anilines is 2. The standard InChI is InChI=1S/C20H22IN3O3/c1-23(20(26)15-2-4-16(21)5-3-15)14-19(25)22-17-6-8-18(9-7-17)24-10-12-27-13-11-24/h2-9H,10-14H2,1H3,(H,22,25). The van der Waals surface area contributed by atoms with E-state index in [2.05, 4.69) is 32.8 Å². The van der Waals surface area contributed by atoms with Crippen LogP contribution in [0.25, 0.3) is 0 Å². The summed E-state index contributed by atoms with van der Waals surface area (Å²) in [6, 6.07) is 15.0.